The Hall–Kier alpha value is -2.77. The number of nitrogens with two attached hydrogens (primary N) is 2. The molecule has 1 atom stereocenters. The number of nitrogens with one attached hydrogen (secondary N) is 1. The molecule has 0 aliphatic carbocycles. The molecule has 1 aliphatic heterocycles. The molecule has 3 rings (SSSR count). The summed E-state index contributed by atoms with van der Waals surface area (Å²) in [5.74, 6) is 6.69. The van der Waals surface area contributed by atoms with Crippen molar-refractivity contribution in [3.8, 4) is 11.5 Å². The number of hydrogen-bond donors (Lipinski definition) is 4. The Morgan fingerprint density at radius 2 is 1.90 bits per heavy atom. The second kappa shape index (κ2) is 8.93. The fraction of sp³-hybridized carbons (Fsp3) is 0.435. The zero-order chi connectivity index (χ0) is 21.9. The van der Waals surface area contributed by atoms with Crippen LogP contribution in [0.2, 0.25) is 0 Å². The van der Waals surface area contributed by atoms with Crippen LogP contribution in [0.4, 0.5) is 5.69 Å². The Labute approximate surface area is 178 Å². The van der Waals surface area contributed by atoms with Gasteiger partial charge in [-0.25, -0.2) is 10.8 Å². The van der Waals surface area contributed by atoms with Gasteiger partial charge in [0, 0.05) is 12.0 Å². The molecule has 0 fully saturated rings. The first-order chi connectivity index (χ1) is 14.2. The van der Waals surface area contributed by atoms with E-state index < -0.39 is 0 Å². The minimum absolute atomic E-state index is 0.164. The molecule has 1 unspecified atom stereocenters. The number of benzene rings is 2. The number of phenolic OH excluding ortho intramolecular Hbond substituents is 1. The van der Waals surface area contributed by atoms with Gasteiger partial charge in [-0.3, -0.25) is 5.43 Å². The van der Waals surface area contributed by atoms with E-state index >= 15 is 0 Å². The van der Waals surface area contributed by atoms with Crippen molar-refractivity contribution in [2.45, 2.75) is 59.2 Å². The lowest BCUT2D eigenvalue weighted by atomic mass is 9.86. The number of rotatable bonds is 6. The molecule has 2 aromatic rings. The van der Waals surface area contributed by atoms with Crippen molar-refractivity contribution in [3.05, 3.63) is 52.1 Å². The molecule has 7 heteroatoms. The summed E-state index contributed by atoms with van der Waals surface area (Å²) < 4.78 is 12.4. The second-order valence-electron chi connectivity index (χ2n) is 8.19. The minimum atomic E-state index is -0.279. The van der Waals surface area contributed by atoms with Crippen molar-refractivity contribution in [1.29, 1.82) is 0 Å². The standard InChI is InChI=1S/C23H32N4O3/c1-14-15(2)21-19(16(3)20(14)28)9-10-23(4,30-21)11-12-29-13-17-5-7-18(8-6-17)26-22(24)27-25/h5-8,28H,9-13,25H2,1-4H3,(H3,24,26,27). The van der Waals surface area contributed by atoms with Crippen LogP contribution >= 0.6 is 0 Å². The van der Waals surface area contributed by atoms with Gasteiger partial charge < -0.3 is 20.3 Å². The molecule has 0 radical (unpaired) electrons. The van der Waals surface area contributed by atoms with E-state index in [1.54, 1.807) is 0 Å². The Morgan fingerprint density at radius 3 is 2.57 bits per heavy atom. The molecule has 7 nitrogen and oxygen atoms in total. The highest BCUT2D eigenvalue weighted by Gasteiger charge is 2.34. The highest BCUT2D eigenvalue weighted by molar-refractivity contribution is 5.80. The van der Waals surface area contributed by atoms with Crippen LogP contribution in [0.3, 0.4) is 0 Å². The minimum Gasteiger partial charge on any atom is -0.507 e. The number of ether oxygens (including phenoxy) is 2. The summed E-state index contributed by atoms with van der Waals surface area (Å²) in [6, 6.07) is 7.65. The molecule has 0 saturated carbocycles. The molecule has 0 bridgehead atoms. The van der Waals surface area contributed by atoms with Gasteiger partial charge in [0.1, 0.15) is 17.1 Å². The van der Waals surface area contributed by atoms with Gasteiger partial charge in [-0.05, 0) is 74.9 Å². The Morgan fingerprint density at radius 1 is 1.20 bits per heavy atom. The molecule has 162 valence electrons. The third-order valence-corrected chi connectivity index (χ3v) is 5.97. The largest absolute Gasteiger partial charge is 0.507 e. The summed E-state index contributed by atoms with van der Waals surface area (Å²) in [7, 11) is 0. The first kappa shape index (κ1) is 21.9. The molecule has 0 spiro atoms. The van der Waals surface area contributed by atoms with Gasteiger partial charge in [0.05, 0.1) is 18.9 Å². The van der Waals surface area contributed by atoms with Crippen LogP contribution in [-0.4, -0.2) is 23.3 Å². The van der Waals surface area contributed by atoms with E-state index in [9.17, 15) is 5.11 Å². The van der Waals surface area contributed by atoms with Crippen LogP contribution in [0, 0.1) is 20.8 Å². The van der Waals surface area contributed by atoms with Gasteiger partial charge in [-0.1, -0.05) is 12.1 Å². The van der Waals surface area contributed by atoms with E-state index in [0.29, 0.717) is 19.0 Å². The first-order valence-electron chi connectivity index (χ1n) is 10.2. The van der Waals surface area contributed by atoms with E-state index in [4.69, 9.17) is 21.1 Å². The lowest BCUT2D eigenvalue weighted by Crippen LogP contribution is -2.38. The van der Waals surface area contributed by atoms with Crippen molar-refractivity contribution >= 4 is 11.6 Å². The third-order valence-electron chi connectivity index (χ3n) is 5.97. The molecule has 0 aromatic heterocycles. The van der Waals surface area contributed by atoms with Gasteiger partial charge >= 0.3 is 0 Å². The summed E-state index contributed by atoms with van der Waals surface area (Å²) in [6.45, 7) is 9.18. The van der Waals surface area contributed by atoms with E-state index in [0.717, 1.165) is 58.5 Å². The predicted octanol–water partition coefficient (Wildman–Crippen LogP) is 3.42. The number of aromatic hydroxyl groups is 1. The Kier molecular flexibility index (Phi) is 6.53. The third kappa shape index (κ3) is 4.68. The summed E-state index contributed by atoms with van der Waals surface area (Å²) in [4.78, 5) is 4.11. The Bertz CT molecular complexity index is 941. The molecule has 1 aliphatic rings. The van der Waals surface area contributed by atoms with Gasteiger partial charge in [0.2, 0.25) is 5.96 Å². The summed E-state index contributed by atoms with van der Waals surface area (Å²) >= 11 is 0. The molecule has 1 heterocycles. The predicted molar refractivity (Wildman–Crippen MR) is 119 cm³/mol. The average molecular weight is 413 g/mol. The van der Waals surface area contributed by atoms with Crippen molar-refractivity contribution in [3.63, 3.8) is 0 Å². The SMILES string of the molecule is Cc1c(C)c2c(c(C)c1O)CCC(C)(CCOCc1ccc(N=C(N)NN)cc1)O2. The number of hydrogen-bond acceptors (Lipinski definition) is 5. The van der Waals surface area contributed by atoms with E-state index in [1.165, 1.54) is 0 Å². The number of phenols is 1. The molecule has 0 amide bonds. The maximum Gasteiger partial charge on any atom is 0.208 e. The van der Waals surface area contributed by atoms with Crippen molar-refractivity contribution < 1.29 is 14.6 Å². The van der Waals surface area contributed by atoms with Crippen LogP contribution in [0.15, 0.2) is 29.3 Å². The monoisotopic (exact) mass is 412 g/mol. The number of fused-ring (bicyclic) bond motifs is 1. The number of aliphatic imine (C=N–C) groups is 1. The first-order valence-corrected chi connectivity index (χ1v) is 10.2. The molecular formula is C23H32N4O3. The average Bonchev–Trinajstić information content (AvgIpc) is 2.74. The number of hydrazine groups is 1. The van der Waals surface area contributed by atoms with Crippen molar-refractivity contribution in [2.24, 2.45) is 16.6 Å². The van der Waals surface area contributed by atoms with Gasteiger partial charge in [-0.2, -0.15) is 0 Å². The lowest BCUT2D eigenvalue weighted by molar-refractivity contribution is 0.0144. The van der Waals surface area contributed by atoms with Crippen LogP contribution < -0.4 is 21.7 Å². The molecule has 6 N–H and O–H groups in total. The maximum atomic E-state index is 10.3. The van der Waals surface area contributed by atoms with Crippen molar-refractivity contribution in [1.82, 2.24) is 5.43 Å². The second-order valence-corrected chi connectivity index (χ2v) is 8.19. The zero-order valence-electron chi connectivity index (χ0n) is 18.2. The summed E-state index contributed by atoms with van der Waals surface area (Å²) in [5, 5.41) is 10.3. The van der Waals surface area contributed by atoms with Crippen molar-refractivity contribution in [2.75, 3.05) is 6.61 Å². The molecular weight excluding hydrogens is 380 g/mol. The van der Waals surface area contributed by atoms with E-state index in [2.05, 4.69) is 17.3 Å². The fourth-order valence-electron chi connectivity index (χ4n) is 3.79. The molecule has 30 heavy (non-hydrogen) atoms. The quantitative estimate of drug-likeness (QED) is 0.190. The highest BCUT2D eigenvalue weighted by atomic mass is 16.5. The molecule has 0 saturated heterocycles. The molecule has 2 aromatic carbocycles. The van der Waals surface area contributed by atoms with Gasteiger partial charge in [0.25, 0.3) is 0 Å². The fourth-order valence-corrected chi connectivity index (χ4v) is 3.79. The zero-order valence-corrected chi connectivity index (χ0v) is 18.2. The normalized spacial score (nSPS) is 18.6. The number of guanidine groups is 1. The lowest BCUT2D eigenvalue weighted by Gasteiger charge is -2.38. The van der Waals surface area contributed by atoms with Crippen LogP contribution in [-0.2, 0) is 17.8 Å². The maximum absolute atomic E-state index is 10.3. The van der Waals surface area contributed by atoms with Gasteiger partial charge in [0.15, 0.2) is 0 Å². The summed E-state index contributed by atoms with van der Waals surface area (Å²) in [5.41, 5.74) is 13.3. The number of nitrogens with zero attached hydrogens (tertiary/aromatic N) is 1. The van der Waals surface area contributed by atoms with Gasteiger partial charge in [-0.15, -0.1) is 0 Å². The summed E-state index contributed by atoms with van der Waals surface area (Å²) in [6.07, 6.45) is 2.59. The smallest absolute Gasteiger partial charge is 0.208 e. The Balaban J connectivity index is 1.56. The van der Waals surface area contributed by atoms with Crippen LogP contribution in [0.1, 0.15) is 47.6 Å². The van der Waals surface area contributed by atoms with Crippen LogP contribution in [0.5, 0.6) is 11.5 Å². The van der Waals surface area contributed by atoms with Crippen LogP contribution in [0.25, 0.3) is 0 Å². The van der Waals surface area contributed by atoms with E-state index in [1.807, 2.05) is 45.0 Å². The van der Waals surface area contributed by atoms with E-state index in [-0.39, 0.29) is 11.6 Å². The topological polar surface area (TPSA) is 115 Å². The highest BCUT2D eigenvalue weighted by Crippen LogP contribution is 2.44.